The van der Waals surface area contributed by atoms with Crippen LogP contribution in [0.2, 0.25) is 5.02 Å². The molecule has 3 aromatic carbocycles. The number of benzene rings is 3. The highest BCUT2D eigenvalue weighted by Crippen LogP contribution is 2.31. The molecule has 0 atom stereocenters. The number of anilines is 3. The van der Waals surface area contributed by atoms with Crippen LogP contribution >= 0.6 is 11.6 Å². The van der Waals surface area contributed by atoms with Crippen molar-refractivity contribution in [1.82, 2.24) is 0 Å². The number of nitrogens with zero attached hydrogens (tertiary/aromatic N) is 2. The van der Waals surface area contributed by atoms with Crippen molar-refractivity contribution in [3.63, 3.8) is 0 Å². The van der Waals surface area contributed by atoms with Crippen LogP contribution in [0.25, 0.3) is 0 Å². The fourth-order valence-corrected chi connectivity index (χ4v) is 5.08. The van der Waals surface area contributed by atoms with Gasteiger partial charge in [-0.05, 0) is 54.6 Å². The third kappa shape index (κ3) is 4.64. The predicted molar refractivity (Wildman–Crippen MR) is 126 cm³/mol. The number of carbonyl (C=O) groups excluding carboxylic acids is 2. The Morgan fingerprint density at radius 3 is 2.52 bits per heavy atom. The van der Waals surface area contributed by atoms with E-state index < -0.39 is 22.5 Å². The van der Waals surface area contributed by atoms with E-state index in [4.69, 9.17) is 16.3 Å². The van der Waals surface area contributed by atoms with Crippen LogP contribution in [-0.2, 0) is 19.6 Å². The van der Waals surface area contributed by atoms with Crippen molar-refractivity contribution in [1.29, 1.82) is 0 Å². The quantitative estimate of drug-likeness (QED) is 0.576. The number of rotatable bonds is 6. The van der Waals surface area contributed by atoms with E-state index in [0.29, 0.717) is 22.1 Å². The summed E-state index contributed by atoms with van der Waals surface area (Å²) in [5.41, 5.74) is 1.20. The lowest BCUT2D eigenvalue weighted by molar-refractivity contribution is -0.121. The number of amides is 2. The minimum absolute atomic E-state index is 0.0205. The second kappa shape index (κ2) is 9.13. The summed E-state index contributed by atoms with van der Waals surface area (Å²) in [6, 6.07) is 18.9. The number of nitrogens with one attached hydrogen (secondary N) is 1. The fourth-order valence-electron chi connectivity index (χ4n) is 3.49. The number of para-hydroxylation sites is 2. The SMILES string of the molecule is COc1ccc(S(=O)(=O)N(CC(=O)N2CC(=O)Nc3ccccc32)c2cccc(Cl)c2)cc1. The van der Waals surface area contributed by atoms with Crippen LogP contribution in [0.15, 0.2) is 77.7 Å². The Hall–Kier alpha value is -3.56. The highest BCUT2D eigenvalue weighted by molar-refractivity contribution is 7.92. The summed E-state index contributed by atoms with van der Waals surface area (Å²) in [6.45, 7) is -0.752. The Labute approximate surface area is 196 Å². The standard InChI is InChI=1S/C23H20ClN3O5S/c1-32-18-9-11-19(12-10-18)33(30,31)27(17-6-4-5-16(24)13-17)15-23(29)26-14-22(28)25-20-7-2-3-8-21(20)26/h2-13H,14-15H2,1H3,(H,25,28). The monoisotopic (exact) mass is 485 g/mol. The van der Waals surface area contributed by atoms with E-state index in [1.165, 1.54) is 42.3 Å². The predicted octanol–water partition coefficient (Wildman–Crippen LogP) is 3.53. The van der Waals surface area contributed by atoms with Crippen LogP contribution in [0.3, 0.4) is 0 Å². The molecule has 10 heteroatoms. The number of methoxy groups -OCH3 is 1. The first kappa shape index (κ1) is 22.6. The minimum Gasteiger partial charge on any atom is -0.497 e. The zero-order valence-electron chi connectivity index (χ0n) is 17.6. The Morgan fingerprint density at radius 2 is 1.82 bits per heavy atom. The average Bonchev–Trinajstić information content (AvgIpc) is 2.81. The maximum atomic E-state index is 13.6. The number of carbonyl (C=O) groups is 2. The van der Waals surface area contributed by atoms with E-state index in [-0.39, 0.29) is 23.0 Å². The zero-order valence-corrected chi connectivity index (χ0v) is 19.1. The van der Waals surface area contributed by atoms with Crippen LogP contribution in [-0.4, -0.2) is 40.4 Å². The van der Waals surface area contributed by atoms with Crippen LogP contribution in [0.5, 0.6) is 5.75 Å². The second-order valence-electron chi connectivity index (χ2n) is 7.21. The number of fused-ring (bicyclic) bond motifs is 1. The van der Waals surface area contributed by atoms with Gasteiger partial charge in [0.25, 0.3) is 10.0 Å². The summed E-state index contributed by atoms with van der Waals surface area (Å²) in [5.74, 6) is -0.431. The van der Waals surface area contributed by atoms with E-state index in [9.17, 15) is 18.0 Å². The van der Waals surface area contributed by atoms with E-state index >= 15 is 0 Å². The molecular weight excluding hydrogens is 466 g/mol. The van der Waals surface area contributed by atoms with Crippen molar-refractivity contribution in [2.45, 2.75) is 4.90 Å². The Morgan fingerprint density at radius 1 is 1.09 bits per heavy atom. The van der Waals surface area contributed by atoms with Crippen molar-refractivity contribution in [3.05, 3.63) is 77.8 Å². The van der Waals surface area contributed by atoms with Gasteiger partial charge in [0.2, 0.25) is 11.8 Å². The van der Waals surface area contributed by atoms with Crippen LogP contribution < -0.4 is 19.3 Å². The molecule has 0 fully saturated rings. The number of halogens is 1. The molecule has 0 aromatic heterocycles. The highest BCUT2D eigenvalue weighted by atomic mass is 35.5. The molecule has 170 valence electrons. The zero-order chi connectivity index (χ0) is 23.6. The molecule has 0 saturated heterocycles. The second-order valence-corrected chi connectivity index (χ2v) is 9.51. The molecule has 1 aliphatic rings. The van der Waals surface area contributed by atoms with Gasteiger partial charge in [0.1, 0.15) is 18.8 Å². The van der Waals surface area contributed by atoms with Gasteiger partial charge in [-0.2, -0.15) is 0 Å². The lowest BCUT2D eigenvalue weighted by atomic mass is 10.2. The maximum Gasteiger partial charge on any atom is 0.264 e. The van der Waals surface area contributed by atoms with Crippen molar-refractivity contribution < 1.29 is 22.7 Å². The molecule has 0 saturated carbocycles. The molecule has 4 rings (SSSR count). The molecule has 3 aromatic rings. The summed E-state index contributed by atoms with van der Waals surface area (Å²) in [6.07, 6.45) is 0. The van der Waals surface area contributed by atoms with Crippen molar-refractivity contribution in [2.24, 2.45) is 0 Å². The van der Waals surface area contributed by atoms with Crippen molar-refractivity contribution in [3.8, 4) is 5.75 Å². The molecule has 2 amide bonds. The molecule has 0 bridgehead atoms. The molecule has 0 aliphatic carbocycles. The van der Waals surface area contributed by atoms with Gasteiger partial charge in [-0.1, -0.05) is 29.8 Å². The van der Waals surface area contributed by atoms with E-state index in [2.05, 4.69) is 5.32 Å². The summed E-state index contributed by atoms with van der Waals surface area (Å²) in [4.78, 5) is 26.7. The molecule has 0 spiro atoms. The summed E-state index contributed by atoms with van der Waals surface area (Å²) in [7, 11) is -2.67. The maximum absolute atomic E-state index is 13.6. The topological polar surface area (TPSA) is 96.0 Å². The average molecular weight is 486 g/mol. The Kier molecular flexibility index (Phi) is 6.26. The van der Waals surface area contributed by atoms with Crippen molar-refractivity contribution >= 4 is 50.5 Å². The fraction of sp³-hybridized carbons (Fsp3) is 0.130. The van der Waals surface area contributed by atoms with Gasteiger partial charge < -0.3 is 10.1 Å². The summed E-state index contributed by atoms with van der Waals surface area (Å²) < 4.78 is 33.2. The molecule has 1 heterocycles. The Bertz CT molecular complexity index is 1310. The molecular formula is C23H20ClN3O5S. The van der Waals surface area contributed by atoms with Gasteiger partial charge in [0.15, 0.2) is 0 Å². The largest absolute Gasteiger partial charge is 0.497 e. The van der Waals surface area contributed by atoms with E-state index in [1.807, 2.05) is 0 Å². The molecule has 1 aliphatic heterocycles. The van der Waals surface area contributed by atoms with Crippen LogP contribution in [0, 0.1) is 0 Å². The number of ether oxygens (including phenoxy) is 1. The van der Waals surface area contributed by atoms with E-state index in [1.54, 1.807) is 42.5 Å². The Balaban J connectivity index is 1.73. The van der Waals surface area contributed by atoms with Gasteiger partial charge in [0, 0.05) is 5.02 Å². The van der Waals surface area contributed by atoms with Gasteiger partial charge in [0.05, 0.1) is 29.1 Å². The molecule has 33 heavy (non-hydrogen) atoms. The van der Waals surface area contributed by atoms with Gasteiger partial charge >= 0.3 is 0 Å². The van der Waals surface area contributed by atoms with Crippen LogP contribution in [0.1, 0.15) is 0 Å². The summed E-state index contributed by atoms with van der Waals surface area (Å²) >= 11 is 6.11. The molecule has 0 unspecified atom stereocenters. The highest BCUT2D eigenvalue weighted by Gasteiger charge is 2.32. The molecule has 1 N–H and O–H groups in total. The van der Waals surface area contributed by atoms with Gasteiger partial charge in [-0.25, -0.2) is 8.42 Å². The van der Waals surface area contributed by atoms with Crippen LogP contribution in [0.4, 0.5) is 17.1 Å². The number of hydrogen-bond donors (Lipinski definition) is 1. The first-order valence-corrected chi connectivity index (χ1v) is 11.7. The number of sulfonamides is 1. The van der Waals surface area contributed by atoms with Gasteiger partial charge in [-0.3, -0.25) is 18.8 Å². The number of hydrogen-bond acceptors (Lipinski definition) is 5. The lowest BCUT2D eigenvalue weighted by Crippen LogP contribution is -2.48. The van der Waals surface area contributed by atoms with E-state index in [0.717, 1.165) is 4.31 Å². The lowest BCUT2D eigenvalue weighted by Gasteiger charge is -2.32. The van der Waals surface area contributed by atoms with Crippen molar-refractivity contribution in [2.75, 3.05) is 34.7 Å². The van der Waals surface area contributed by atoms with Gasteiger partial charge in [-0.15, -0.1) is 0 Å². The first-order valence-electron chi connectivity index (χ1n) is 9.91. The normalized spacial score (nSPS) is 13.2. The molecule has 8 nitrogen and oxygen atoms in total. The third-order valence-electron chi connectivity index (χ3n) is 5.09. The molecule has 0 radical (unpaired) electrons. The smallest absolute Gasteiger partial charge is 0.264 e. The minimum atomic E-state index is -4.15. The summed E-state index contributed by atoms with van der Waals surface area (Å²) in [5, 5.41) is 3.03. The third-order valence-corrected chi connectivity index (χ3v) is 7.12. The first-order chi connectivity index (χ1) is 15.8.